The third-order valence-corrected chi connectivity index (χ3v) is 8.58. The monoisotopic (exact) mass is 572 g/mol. The van der Waals surface area contributed by atoms with Crippen LogP contribution in [0.4, 0.5) is 17.6 Å². The van der Waals surface area contributed by atoms with E-state index in [4.69, 9.17) is 0 Å². The molecule has 4 aromatic rings. The maximum absolute atomic E-state index is 13.8. The van der Waals surface area contributed by atoms with Crippen molar-refractivity contribution in [1.29, 1.82) is 0 Å². The van der Waals surface area contributed by atoms with Crippen molar-refractivity contribution in [3.63, 3.8) is 0 Å². The standard InChI is InChI=1S/C33H28F4N4O/c1-4-25(33(35,36)37)30(38-5-2)31(42)40-18-27-29(21-9-7-6-8-10-21)32(27,19-40)26-16-22-17-39-41(28(22)15-20(26)3)24-13-11-23(34)12-14-24/h4-17,27,29H,2,18-19H2,1,3H3/b25-4+,38-30+/t27-,29-,32+/m1/s1. The van der Waals surface area contributed by atoms with E-state index in [1.807, 2.05) is 31.2 Å². The molecule has 1 aliphatic heterocycles. The summed E-state index contributed by atoms with van der Waals surface area (Å²) in [6.07, 6.45) is -1.14. The molecule has 1 aliphatic carbocycles. The third kappa shape index (κ3) is 4.35. The lowest BCUT2D eigenvalue weighted by atomic mass is 9.86. The van der Waals surface area contributed by atoms with Gasteiger partial charge in [0.15, 0.2) is 0 Å². The number of halogens is 4. The number of alkyl halides is 3. The minimum atomic E-state index is -4.73. The first kappa shape index (κ1) is 27.6. The van der Waals surface area contributed by atoms with Crippen LogP contribution < -0.4 is 0 Å². The number of aliphatic imine (C=N–C) groups is 1. The van der Waals surface area contributed by atoms with E-state index in [0.29, 0.717) is 6.54 Å². The fourth-order valence-corrected chi connectivity index (χ4v) is 6.80. The molecule has 0 N–H and O–H groups in total. The van der Waals surface area contributed by atoms with Gasteiger partial charge < -0.3 is 4.90 Å². The van der Waals surface area contributed by atoms with Crippen molar-refractivity contribution in [2.45, 2.75) is 31.4 Å². The largest absolute Gasteiger partial charge is 0.418 e. The van der Waals surface area contributed by atoms with Gasteiger partial charge in [-0.3, -0.25) is 9.79 Å². The number of amides is 1. The zero-order valence-electron chi connectivity index (χ0n) is 23.1. The molecule has 1 amide bonds. The molecule has 9 heteroatoms. The first-order chi connectivity index (χ1) is 20.1. The number of likely N-dealkylation sites (tertiary alicyclic amines) is 1. The van der Waals surface area contributed by atoms with Crippen molar-refractivity contribution in [1.82, 2.24) is 14.7 Å². The molecule has 5 nitrogen and oxygen atoms in total. The number of aryl methyl sites for hydroxylation is 1. The first-order valence-corrected chi connectivity index (χ1v) is 13.6. The SMILES string of the molecule is C=C/N=C(C(=O)N1C[C@@H]2[C@@H](c3ccccc3)[C@]2(c2cc3cnn(-c4ccc(F)cc4)c3cc2C)C1)\C(=C/C)C(F)(F)F. The molecule has 2 heterocycles. The zero-order chi connectivity index (χ0) is 29.8. The van der Waals surface area contributed by atoms with E-state index < -0.39 is 28.8 Å². The summed E-state index contributed by atoms with van der Waals surface area (Å²) in [5.74, 6) is -0.994. The maximum atomic E-state index is 13.8. The second-order valence-electron chi connectivity index (χ2n) is 10.8. The van der Waals surface area contributed by atoms with Crippen LogP contribution >= 0.6 is 0 Å². The Morgan fingerprint density at radius 3 is 2.48 bits per heavy atom. The number of nitrogens with zero attached hydrogens (tertiary/aromatic N) is 4. The molecule has 3 aromatic carbocycles. The van der Waals surface area contributed by atoms with Gasteiger partial charge in [0.1, 0.15) is 11.5 Å². The van der Waals surface area contributed by atoms with Crippen molar-refractivity contribution >= 4 is 22.5 Å². The number of carbonyl (C=O) groups excluding carboxylic acids is 1. The zero-order valence-corrected chi connectivity index (χ0v) is 23.1. The molecule has 1 aromatic heterocycles. The smallest absolute Gasteiger partial charge is 0.336 e. The molecular formula is C33H28F4N4O. The summed E-state index contributed by atoms with van der Waals surface area (Å²) in [4.78, 5) is 18.9. The first-order valence-electron chi connectivity index (χ1n) is 13.6. The van der Waals surface area contributed by atoms with E-state index in [9.17, 15) is 22.4 Å². The normalized spacial score (nSPS) is 22.4. The van der Waals surface area contributed by atoms with Gasteiger partial charge in [0.2, 0.25) is 0 Å². The number of hydrogen-bond donors (Lipinski definition) is 0. The lowest BCUT2D eigenvalue weighted by Crippen LogP contribution is -2.41. The second-order valence-corrected chi connectivity index (χ2v) is 10.8. The van der Waals surface area contributed by atoms with Crippen LogP contribution in [0.3, 0.4) is 0 Å². The molecule has 3 atom stereocenters. The molecule has 214 valence electrons. The minimum absolute atomic E-state index is 0.0112. The predicted octanol–water partition coefficient (Wildman–Crippen LogP) is 7.06. The lowest BCUT2D eigenvalue weighted by molar-refractivity contribution is -0.124. The van der Waals surface area contributed by atoms with Crippen LogP contribution in [0.1, 0.15) is 29.5 Å². The average Bonchev–Trinajstić information content (AvgIpc) is 3.21. The van der Waals surface area contributed by atoms with Gasteiger partial charge >= 0.3 is 6.18 Å². The van der Waals surface area contributed by atoms with Gasteiger partial charge in [0.25, 0.3) is 5.91 Å². The second kappa shape index (κ2) is 10.1. The van der Waals surface area contributed by atoms with E-state index in [2.05, 4.69) is 34.9 Å². The van der Waals surface area contributed by atoms with Crippen LogP contribution in [0.2, 0.25) is 0 Å². The minimum Gasteiger partial charge on any atom is -0.336 e. The van der Waals surface area contributed by atoms with E-state index in [1.165, 1.54) is 24.0 Å². The van der Waals surface area contributed by atoms with Crippen molar-refractivity contribution < 1.29 is 22.4 Å². The van der Waals surface area contributed by atoms with Gasteiger partial charge in [-0.15, -0.1) is 0 Å². The molecule has 2 fully saturated rings. The highest BCUT2D eigenvalue weighted by Gasteiger charge is 2.71. The quantitative estimate of drug-likeness (QED) is 0.184. The number of carbonyl (C=O) groups is 1. The summed E-state index contributed by atoms with van der Waals surface area (Å²) in [6, 6.07) is 20.2. The Morgan fingerprint density at radius 1 is 1.12 bits per heavy atom. The number of piperidine rings is 1. The molecule has 0 spiro atoms. The highest BCUT2D eigenvalue weighted by Crippen LogP contribution is 2.69. The van der Waals surface area contributed by atoms with Crippen LogP contribution in [-0.2, 0) is 10.2 Å². The molecule has 2 aliphatic rings. The highest BCUT2D eigenvalue weighted by atomic mass is 19.4. The number of fused-ring (bicyclic) bond motifs is 2. The van der Waals surface area contributed by atoms with Crippen LogP contribution in [0.15, 0.2) is 102 Å². The van der Waals surface area contributed by atoms with Gasteiger partial charge in [0.05, 0.1) is 23.0 Å². The van der Waals surface area contributed by atoms with Crippen LogP contribution in [0.25, 0.3) is 16.6 Å². The average molecular weight is 573 g/mol. The van der Waals surface area contributed by atoms with E-state index in [-0.39, 0.29) is 24.2 Å². The Kier molecular flexibility index (Phi) is 6.63. The maximum Gasteiger partial charge on any atom is 0.418 e. The van der Waals surface area contributed by atoms with Gasteiger partial charge in [-0.1, -0.05) is 43.0 Å². The van der Waals surface area contributed by atoms with Gasteiger partial charge in [0, 0.05) is 36.0 Å². The van der Waals surface area contributed by atoms with Gasteiger partial charge in [-0.25, -0.2) is 9.07 Å². The molecule has 0 unspecified atom stereocenters. The molecule has 42 heavy (non-hydrogen) atoms. The van der Waals surface area contributed by atoms with Crippen LogP contribution in [0, 0.1) is 18.7 Å². The fraction of sp³-hybridized carbons (Fsp3) is 0.242. The van der Waals surface area contributed by atoms with E-state index in [1.54, 1.807) is 23.0 Å². The van der Waals surface area contributed by atoms with Crippen LogP contribution in [-0.4, -0.2) is 45.6 Å². The lowest BCUT2D eigenvalue weighted by Gasteiger charge is -2.27. The topological polar surface area (TPSA) is 50.5 Å². The number of allylic oxidation sites excluding steroid dienone is 1. The number of rotatable bonds is 6. The van der Waals surface area contributed by atoms with Gasteiger partial charge in [-0.05, 0) is 72.9 Å². The van der Waals surface area contributed by atoms with E-state index in [0.717, 1.165) is 45.6 Å². The summed E-state index contributed by atoms with van der Waals surface area (Å²) in [7, 11) is 0. The molecule has 0 radical (unpaired) electrons. The molecule has 1 saturated carbocycles. The Labute approximate surface area is 240 Å². The fourth-order valence-electron chi connectivity index (χ4n) is 6.80. The summed E-state index contributed by atoms with van der Waals surface area (Å²) >= 11 is 0. The molecule has 6 rings (SSSR count). The van der Waals surface area contributed by atoms with Crippen molar-refractivity contribution in [3.05, 3.63) is 120 Å². The summed E-state index contributed by atoms with van der Waals surface area (Å²) in [5, 5.41) is 5.42. The predicted molar refractivity (Wildman–Crippen MR) is 154 cm³/mol. The third-order valence-electron chi connectivity index (χ3n) is 8.58. The summed E-state index contributed by atoms with van der Waals surface area (Å²) < 4.78 is 56.7. The number of benzene rings is 3. The molecular weight excluding hydrogens is 544 g/mol. The van der Waals surface area contributed by atoms with Crippen molar-refractivity contribution in [2.75, 3.05) is 13.1 Å². The Morgan fingerprint density at radius 2 is 1.83 bits per heavy atom. The van der Waals surface area contributed by atoms with Crippen molar-refractivity contribution in [2.24, 2.45) is 10.9 Å². The van der Waals surface area contributed by atoms with Crippen LogP contribution in [0.5, 0.6) is 0 Å². The van der Waals surface area contributed by atoms with E-state index >= 15 is 0 Å². The Hall–Kier alpha value is -4.53. The highest BCUT2D eigenvalue weighted by molar-refractivity contribution is 6.45. The number of hydrogen-bond acceptors (Lipinski definition) is 3. The van der Waals surface area contributed by atoms with Crippen molar-refractivity contribution in [3.8, 4) is 5.69 Å². The molecule has 1 saturated heterocycles. The summed E-state index contributed by atoms with van der Waals surface area (Å²) in [5.41, 5.74) is 2.50. The molecule has 0 bridgehead atoms. The van der Waals surface area contributed by atoms with Gasteiger partial charge in [-0.2, -0.15) is 18.3 Å². The Balaban J connectivity index is 1.42. The Bertz CT molecular complexity index is 1750. The summed E-state index contributed by atoms with van der Waals surface area (Å²) in [6.45, 7) is 7.23. The number of aromatic nitrogens is 2.